The van der Waals surface area contributed by atoms with Gasteiger partial charge in [-0.3, -0.25) is 0 Å². The predicted molar refractivity (Wildman–Crippen MR) is 70.7 cm³/mol. The van der Waals surface area contributed by atoms with Crippen LogP contribution in [-0.4, -0.2) is 13.2 Å². The maximum absolute atomic E-state index is 5.69. The molecule has 0 atom stereocenters. The summed E-state index contributed by atoms with van der Waals surface area (Å²) in [4.78, 5) is 0. The molecule has 0 unspecified atom stereocenters. The predicted octanol–water partition coefficient (Wildman–Crippen LogP) is 4.72. The van der Waals surface area contributed by atoms with Gasteiger partial charge in [0, 0.05) is 13.2 Å². The first-order chi connectivity index (χ1) is 7.93. The van der Waals surface area contributed by atoms with Crippen molar-refractivity contribution < 1.29 is 4.74 Å². The Morgan fingerprint density at radius 2 is 1.88 bits per heavy atom. The van der Waals surface area contributed by atoms with Crippen molar-refractivity contribution >= 4 is 0 Å². The van der Waals surface area contributed by atoms with Gasteiger partial charge >= 0.3 is 0 Å². The summed E-state index contributed by atoms with van der Waals surface area (Å²) < 4.78 is 5.69. The van der Waals surface area contributed by atoms with E-state index < -0.39 is 0 Å². The second kappa shape index (κ2) is 9.89. The third kappa shape index (κ3) is 7.05. The molecule has 1 aliphatic carbocycles. The third-order valence-electron chi connectivity index (χ3n) is 3.54. The number of allylic oxidation sites excluding steroid dienone is 2. The zero-order chi connectivity index (χ0) is 11.5. The molecular formula is C15H28O. The van der Waals surface area contributed by atoms with Crippen molar-refractivity contribution in [1.29, 1.82) is 0 Å². The molecule has 0 aromatic heterocycles. The summed E-state index contributed by atoms with van der Waals surface area (Å²) in [5.74, 6) is 0.969. The van der Waals surface area contributed by atoms with Crippen LogP contribution in [0, 0.1) is 5.92 Å². The van der Waals surface area contributed by atoms with Gasteiger partial charge in [-0.1, -0.05) is 44.3 Å². The van der Waals surface area contributed by atoms with E-state index in [-0.39, 0.29) is 0 Å². The van der Waals surface area contributed by atoms with Crippen LogP contribution in [-0.2, 0) is 4.74 Å². The van der Waals surface area contributed by atoms with E-state index in [9.17, 15) is 0 Å². The lowest BCUT2D eigenvalue weighted by Gasteiger charge is -2.21. The molecule has 0 bridgehead atoms. The second-order valence-corrected chi connectivity index (χ2v) is 4.97. The van der Waals surface area contributed by atoms with E-state index in [0.29, 0.717) is 0 Å². The molecule has 1 rings (SSSR count). The highest BCUT2D eigenvalue weighted by molar-refractivity contribution is 4.76. The Labute approximate surface area is 101 Å². The van der Waals surface area contributed by atoms with E-state index in [0.717, 1.165) is 19.1 Å². The molecule has 0 saturated heterocycles. The van der Waals surface area contributed by atoms with Gasteiger partial charge in [-0.15, -0.1) is 0 Å². The normalized spacial score (nSPS) is 18.3. The van der Waals surface area contributed by atoms with Crippen molar-refractivity contribution in [3.05, 3.63) is 12.2 Å². The van der Waals surface area contributed by atoms with E-state index >= 15 is 0 Å². The molecule has 0 amide bonds. The van der Waals surface area contributed by atoms with E-state index in [2.05, 4.69) is 19.1 Å². The lowest BCUT2D eigenvalue weighted by atomic mass is 9.87. The Hall–Kier alpha value is -0.300. The Morgan fingerprint density at radius 3 is 2.62 bits per heavy atom. The molecular weight excluding hydrogens is 196 g/mol. The van der Waals surface area contributed by atoms with Gasteiger partial charge in [0.2, 0.25) is 0 Å². The average Bonchev–Trinajstić information content (AvgIpc) is 2.34. The number of ether oxygens (including phenoxy) is 1. The van der Waals surface area contributed by atoms with Crippen molar-refractivity contribution in [3.63, 3.8) is 0 Å². The molecule has 1 aliphatic rings. The van der Waals surface area contributed by atoms with E-state index in [1.54, 1.807) is 0 Å². The molecule has 1 fully saturated rings. The fourth-order valence-electron chi connectivity index (χ4n) is 2.46. The molecule has 1 nitrogen and oxygen atoms in total. The molecule has 0 aromatic rings. The van der Waals surface area contributed by atoms with Crippen LogP contribution in [0.15, 0.2) is 12.2 Å². The summed E-state index contributed by atoms with van der Waals surface area (Å²) in [6.07, 6.45) is 16.6. The molecule has 1 saturated carbocycles. The summed E-state index contributed by atoms with van der Waals surface area (Å²) in [7, 11) is 0. The molecule has 0 heterocycles. The van der Waals surface area contributed by atoms with Crippen LogP contribution in [0.2, 0.25) is 0 Å². The SMILES string of the molecule is CC=CCCCCOCCC1CCCCC1. The maximum atomic E-state index is 5.69. The minimum Gasteiger partial charge on any atom is -0.381 e. The number of unbranched alkanes of at least 4 members (excludes halogenated alkanes) is 2. The smallest absolute Gasteiger partial charge is 0.0468 e. The molecule has 16 heavy (non-hydrogen) atoms. The van der Waals surface area contributed by atoms with Crippen LogP contribution in [0.5, 0.6) is 0 Å². The molecule has 0 N–H and O–H groups in total. The van der Waals surface area contributed by atoms with Gasteiger partial charge in [0.25, 0.3) is 0 Å². The Balaban J connectivity index is 1.80. The quantitative estimate of drug-likeness (QED) is 0.428. The molecule has 0 aromatic carbocycles. The molecule has 0 spiro atoms. The lowest BCUT2D eigenvalue weighted by molar-refractivity contribution is 0.111. The Bertz CT molecular complexity index is 168. The molecule has 0 aliphatic heterocycles. The van der Waals surface area contributed by atoms with Gasteiger partial charge in [0.05, 0.1) is 0 Å². The highest BCUT2D eigenvalue weighted by Gasteiger charge is 2.12. The van der Waals surface area contributed by atoms with Crippen molar-refractivity contribution in [3.8, 4) is 0 Å². The second-order valence-electron chi connectivity index (χ2n) is 4.97. The Morgan fingerprint density at radius 1 is 1.06 bits per heavy atom. The maximum Gasteiger partial charge on any atom is 0.0468 e. The molecule has 1 heteroatoms. The summed E-state index contributed by atoms with van der Waals surface area (Å²) in [5, 5.41) is 0. The van der Waals surface area contributed by atoms with Gasteiger partial charge in [-0.2, -0.15) is 0 Å². The molecule has 94 valence electrons. The summed E-state index contributed by atoms with van der Waals surface area (Å²) in [6.45, 7) is 4.04. The van der Waals surface area contributed by atoms with Crippen LogP contribution >= 0.6 is 0 Å². The van der Waals surface area contributed by atoms with Crippen molar-refractivity contribution in [2.45, 2.75) is 64.7 Å². The van der Waals surface area contributed by atoms with Crippen molar-refractivity contribution in [2.24, 2.45) is 5.92 Å². The first kappa shape index (κ1) is 13.8. The number of rotatable bonds is 8. The Kier molecular flexibility index (Phi) is 8.51. The highest BCUT2D eigenvalue weighted by Crippen LogP contribution is 2.26. The van der Waals surface area contributed by atoms with Crippen LogP contribution in [0.25, 0.3) is 0 Å². The largest absolute Gasteiger partial charge is 0.381 e. The fraction of sp³-hybridized carbons (Fsp3) is 0.867. The average molecular weight is 224 g/mol. The molecule has 0 radical (unpaired) electrons. The first-order valence-corrected chi connectivity index (χ1v) is 7.12. The zero-order valence-corrected chi connectivity index (χ0v) is 10.9. The summed E-state index contributed by atoms with van der Waals surface area (Å²) >= 11 is 0. The minimum atomic E-state index is 0.963. The third-order valence-corrected chi connectivity index (χ3v) is 3.54. The van der Waals surface area contributed by atoms with E-state index in [1.165, 1.54) is 57.8 Å². The van der Waals surface area contributed by atoms with Gasteiger partial charge < -0.3 is 4.74 Å². The fourth-order valence-corrected chi connectivity index (χ4v) is 2.46. The summed E-state index contributed by atoms with van der Waals surface area (Å²) in [6, 6.07) is 0. The highest BCUT2D eigenvalue weighted by atomic mass is 16.5. The van der Waals surface area contributed by atoms with Gasteiger partial charge in [-0.05, 0) is 38.5 Å². The van der Waals surface area contributed by atoms with Crippen molar-refractivity contribution in [1.82, 2.24) is 0 Å². The number of hydrogen-bond donors (Lipinski definition) is 0. The van der Waals surface area contributed by atoms with Gasteiger partial charge in [0.1, 0.15) is 0 Å². The van der Waals surface area contributed by atoms with E-state index in [4.69, 9.17) is 4.74 Å². The van der Waals surface area contributed by atoms with E-state index in [1.807, 2.05) is 0 Å². The van der Waals surface area contributed by atoms with Crippen LogP contribution < -0.4 is 0 Å². The monoisotopic (exact) mass is 224 g/mol. The van der Waals surface area contributed by atoms with Crippen LogP contribution in [0.1, 0.15) is 64.7 Å². The summed E-state index contributed by atoms with van der Waals surface area (Å²) in [5.41, 5.74) is 0. The lowest BCUT2D eigenvalue weighted by Crippen LogP contribution is -2.09. The van der Waals surface area contributed by atoms with Gasteiger partial charge in [0.15, 0.2) is 0 Å². The van der Waals surface area contributed by atoms with Crippen LogP contribution in [0.3, 0.4) is 0 Å². The topological polar surface area (TPSA) is 9.23 Å². The minimum absolute atomic E-state index is 0.963. The van der Waals surface area contributed by atoms with Gasteiger partial charge in [-0.25, -0.2) is 0 Å². The zero-order valence-electron chi connectivity index (χ0n) is 10.9. The van der Waals surface area contributed by atoms with Crippen molar-refractivity contribution in [2.75, 3.05) is 13.2 Å². The first-order valence-electron chi connectivity index (χ1n) is 7.12. The standard InChI is InChI=1S/C15H28O/c1-2-3-4-5-9-13-16-14-12-15-10-7-6-8-11-15/h2-3,15H,4-14H2,1H3. The number of hydrogen-bond acceptors (Lipinski definition) is 1. The van der Waals surface area contributed by atoms with Crippen LogP contribution in [0.4, 0.5) is 0 Å².